The van der Waals surface area contributed by atoms with Crippen LogP contribution in [0.2, 0.25) is 0 Å². The Morgan fingerprint density at radius 2 is 2.54 bits per heavy atom. The third-order valence-corrected chi connectivity index (χ3v) is 2.87. The van der Waals surface area contributed by atoms with Crippen molar-refractivity contribution in [3.63, 3.8) is 0 Å². The fourth-order valence-corrected chi connectivity index (χ4v) is 1.77. The van der Waals surface area contributed by atoms with Crippen LogP contribution in [0, 0.1) is 0 Å². The third-order valence-electron chi connectivity index (χ3n) is 1.76. The van der Waals surface area contributed by atoms with E-state index in [1.165, 1.54) is 11.1 Å². The predicted octanol–water partition coefficient (Wildman–Crippen LogP) is 3.02. The molecule has 13 heavy (non-hydrogen) atoms. The summed E-state index contributed by atoms with van der Waals surface area (Å²) in [6.45, 7) is 3.91. The molecule has 0 atom stereocenters. The van der Waals surface area contributed by atoms with E-state index in [1.54, 1.807) is 16.9 Å². The fraction of sp³-hybridized carbons (Fsp3) is 0.400. The Kier molecular flexibility index (Phi) is 5.13. The second-order valence-electron chi connectivity index (χ2n) is 3.01. The zero-order valence-electron chi connectivity index (χ0n) is 7.72. The molecule has 1 nitrogen and oxygen atoms in total. The van der Waals surface area contributed by atoms with Crippen molar-refractivity contribution in [2.45, 2.75) is 13.3 Å². The van der Waals surface area contributed by atoms with Crippen molar-refractivity contribution in [2.75, 3.05) is 13.1 Å². The highest BCUT2D eigenvalue weighted by atomic mass is 35.5. The van der Waals surface area contributed by atoms with E-state index in [1.807, 2.05) is 6.92 Å². The maximum absolute atomic E-state index is 5.53. The van der Waals surface area contributed by atoms with Crippen LogP contribution in [-0.2, 0) is 6.42 Å². The molecule has 1 aromatic heterocycles. The largest absolute Gasteiger partial charge is 0.313 e. The summed E-state index contributed by atoms with van der Waals surface area (Å²) in [7, 11) is 0. The zero-order valence-corrected chi connectivity index (χ0v) is 9.29. The molecule has 0 aliphatic heterocycles. The molecule has 0 saturated carbocycles. The molecule has 0 amide bonds. The SMILES string of the molecule is C/C(=C/Cl)CNCCc1ccsc1. The van der Waals surface area contributed by atoms with E-state index in [0.29, 0.717) is 0 Å². The summed E-state index contributed by atoms with van der Waals surface area (Å²) < 4.78 is 0. The van der Waals surface area contributed by atoms with Gasteiger partial charge in [-0.2, -0.15) is 11.3 Å². The van der Waals surface area contributed by atoms with E-state index >= 15 is 0 Å². The molecule has 0 aliphatic carbocycles. The number of rotatable bonds is 5. The molecule has 0 bridgehead atoms. The van der Waals surface area contributed by atoms with Gasteiger partial charge < -0.3 is 5.32 Å². The number of hydrogen-bond donors (Lipinski definition) is 1. The van der Waals surface area contributed by atoms with Crippen molar-refractivity contribution in [2.24, 2.45) is 0 Å². The molecule has 1 N–H and O–H groups in total. The molecule has 1 rings (SSSR count). The average molecular weight is 216 g/mol. The summed E-state index contributed by atoms with van der Waals surface area (Å²) in [6, 6.07) is 2.16. The minimum absolute atomic E-state index is 0.883. The standard InChI is InChI=1S/C10H14ClNS/c1-9(6-11)7-12-4-2-10-3-5-13-8-10/h3,5-6,8,12H,2,4,7H2,1H3/b9-6-. The van der Waals surface area contributed by atoms with Crippen molar-refractivity contribution in [1.29, 1.82) is 0 Å². The van der Waals surface area contributed by atoms with Gasteiger partial charge in [-0.25, -0.2) is 0 Å². The molecule has 3 heteroatoms. The van der Waals surface area contributed by atoms with Gasteiger partial charge in [-0.15, -0.1) is 0 Å². The molecule has 72 valence electrons. The van der Waals surface area contributed by atoms with Gasteiger partial charge in [-0.3, -0.25) is 0 Å². The highest BCUT2D eigenvalue weighted by Crippen LogP contribution is 2.05. The van der Waals surface area contributed by atoms with Gasteiger partial charge in [0.15, 0.2) is 0 Å². The second kappa shape index (κ2) is 6.19. The van der Waals surface area contributed by atoms with Crippen LogP contribution < -0.4 is 5.32 Å². The minimum Gasteiger partial charge on any atom is -0.313 e. The van der Waals surface area contributed by atoms with Gasteiger partial charge in [0.25, 0.3) is 0 Å². The summed E-state index contributed by atoms with van der Waals surface area (Å²) in [4.78, 5) is 0. The maximum Gasteiger partial charge on any atom is 0.0173 e. The van der Waals surface area contributed by atoms with E-state index < -0.39 is 0 Å². The highest BCUT2D eigenvalue weighted by Gasteiger charge is 1.92. The second-order valence-corrected chi connectivity index (χ2v) is 4.01. The van der Waals surface area contributed by atoms with Gasteiger partial charge in [-0.1, -0.05) is 11.6 Å². The van der Waals surface area contributed by atoms with Gasteiger partial charge in [-0.05, 0) is 47.9 Å². The number of hydrogen-bond acceptors (Lipinski definition) is 2. The van der Waals surface area contributed by atoms with Crippen LogP contribution in [0.3, 0.4) is 0 Å². The highest BCUT2D eigenvalue weighted by molar-refractivity contribution is 7.07. The predicted molar refractivity (Wildman–Crippen MR) is 60.5 cm³/mol. The van der Waals surface area contributed by atoms with Crippen molar-refractivity contribution in [3.05, 3.63) is 33.5 Å². The van der Waals surface area contributed by atoms with Gasteiger partial charge in [0.2, 0.25) is 0 Å². The first-order valence-corrected chi connectivity index (χ1v) is 5.68. The number of thiophene rings is 1. The normalized spacial score (nSPS) is 12.0. The first-order valence-electron chi connectivity index (χ1n) is 4.30. The molecule has 0 radical (unpaired) electrons. The molecule has 0 aliphatic rings. The topological polar surface area (TPSA) is 12.0 Å². The van der Waals surface area contributed by atoms with Crippen LogP contribution in [0.15, 0.2) is 27.9 Å². The van der Waals surface area contributed by atoms with Crippen LogP contribution in [0.1, 0.15) is 12.5 Å². The lowest BCUT2D eigenvalue weighted by atomic mass is 10.2. The average Bonchev–Trinajstić information content (AvgIpc) is 2.64. The summed E-state index contributed by atoms with van der Waals surface area (Å²) >= 11 is 7.28. The van der Waals surface area contributed by atoms with Crippen molar-refractivity contribution < 1.29 is 0 Å². The van der Waals surface area contributed by atoms with Crippen molar-refractivity contribution >= 4 is 22.9 Å². The third kappa shape index (κ3) is 4.46. The lowest BCUT2D eigenvalue weighted by Crippen LogP contribution is -2.18. The van der Waals surface area contributed by atoms with Crippen molar-refractivity contribution in [3.8, 4) is 0 Å². The minimum atomic E-state index is 0.883. The Hall–Kier alpha value is -0.310. The van der Waals surface area contributed by atoms with E-state index in [4.69, 9.17) is 11.6 Å². The van der Waals surface area contributed by atoms with Crippen LogP contribution in [-0.4, -0.2) is 13.1 Å². The van der Waals surface area contributed by atoms with E-state index in [-0.39, 0.29) is 0 Å². The molecule has 1 aromatic rings. The van der Waals surface area contributed by atoms with Gasteiger partial charge in [0.1, 0.15) is 0 Å². The summed E-state index contributed by atoms with van der Waals surface area (Å²) in [5, 5.41) is 7.62. The first kappa shape index (κ1) is 10.8. The molecule has 0 aromatic carbocycles. The summed E-state index contributed by atoms with van der Waals surface area (Å²) in [5.41, 5.74) is 4.20. The lowest BCUT2D eigenvalue weighted by Gasteiger charge is -2.02. The summed E-state index contributed by atoms with van der Waals surface area (Å²) in [5.74, 6) is 0. The smallest absolute Gasteiger partial charge is 0.0173 e. The monoisotopic (exact) mass is 215 g/mol. The Bertz CT molecular complexity index is 254. The van der Waals surface area contributed by atoms with E-state index in [0.717, 1.165) is 19.5 Å². The number of halogens is 1. The Balaban J connectivity index is 2.08. The maximum atomic E-state index is 5.53. The van der Waals surface area contributed by atoms with E-state index in [9.17, 15) is 0 Å². The van der Waals surface area contributed by atoms with Gasteiger partial charge in [0.05, 0.1) is 0 Å². The lowest BCUT2D eigenvalue weighted by molar-refractivity contribution is 0.729. The molecular weight excluding hydrogens is 202 g/mol. The van der Waals surface area contributed by atoms with Gasteiger partial charge in [0, 0.05) is 12.1 Å². The van der Waals surface area contributed by atoms with Crippen LogP contribution in [0.4, 0.5) is 0 Å². The molecule has 0 unspecified atom stereocenters. The zero-order chi connectivity index (χ0) is 9.52. The molecule has 0 spiro atoms. The Morgan fingerprint density at radius 3 is 3.15 bits per heavy atom. The van der Waals surface area contributed by atoms with Crippen LogP contribution in [0.5, 0.6) is 0 Å². The number of nitrogens with one attached hydrogen (secondary N) is 1. The fourth-order valence-electron chi connectivity index (χ4n) is 0.992. The van der Waals surface area contributed by atoms with Crippen LogP contribution >= 0.6 is 22.9 Å². The van der Waals surface area contributed by atoms with Crippen LogP contribution in [0.25, 0.3) is 0 Å². The Labute approximate surface area is 88.4 Å². The first-order chi connectivity index (χ1) is 6.33. The van der Waals surface area contributed by atoms with Crippen molar-refractivity contribution in [1.82, 2.24) is 5.32 Å². The molecule has 0 fully saturated rings. The Morgan fingerprint density at radius 1 is 1.69 bits per heavy atom. The van der Waals surface area contributed by atoms with Gasteiger partial charge >= 0.3 is 0 Å². The molecule has 1 heterocycles. The molecule has 0 saturated heterocycles. The quantitative estimate of drug-likeness (QED) is 0.745. The summed E-state index contributed by atoms with van der Waals surface area (Å²) in [6.07, 6.45) is 1.10. The molecular formula is C10H14ClNS. The van der Waals surface area contributed by atoms with E-state index in [2.05, 4.69) is 22.1 Å².